The number of aromatic nitrogens is 1. The van der Waals surface area contributed by atoms with Gasteiger partial charge >= 0.3 is 5.97 Å². The average Bonchev–Trinajstić information content (AvgIpc) is 2.83. The monoisotopic (exact) mass is 321 g/mol. The molecule has 1 aromatic heterocycles. The number of methoxy groups -OCH3 is 1. The van der Waals surface area contributed by atoms with Gasteiger partial charge in [-0.1, -0.05) is 12.1 Å². The molecule has 2 aromatic rings. The maximum absolute atomic E-state index is 10.8. The van der Waals surface area contributed by atoms with Gasteiger partial charge in [-0.05, 0) is 25.5 Å². The van der Waals surface area contributed by atoms with Gasteiger partial charge in [0, 0.05) is 11.3 Å². The lowest BCUT2D eigenvalue weighted by molar-refractivity contribution is -0.136. The molecular formula is C16H19NO4S. The first-order valence-electron chi connectivity index (χ1n) is 7.03. The number of rotatable bonds is 8. The second-order valence-electron chi connectivity index (χ2n) is 4.79. The molecule has 0 bridgehead atoms. The Labute approximate surface area is 133 Å². The SMILES string of the molecule is COc1ccccc1OCCCc1nc(C)c(CC(=O)O)s1. The summed E-state index contributed by atoms with van der Waals surface area (Å²) in [6.07, 6.45) is 1.64. The van der Waals surface area contributed by atoms with E-state index in [0.717, 1.165) is 39.9 Å². The number of thiazole rings is 1. The molecule has 0 saturated heterocycles. The van der Waals surface area contributed by atoms with E-state index >= 15 is 0 Å². The molecule has 5 nitrogen and oxygen atoms in total. The average molecular weight is 321 g/mol. The molecule has 0 radical (unpaired) electrons. The highest BCUT2D eigenvalue weighted by molar-refractivity contribution is 7.11. The Kier molecular flexibility index (Phi) is 5.77. The summed E-state index contributed by atoms with van der Waals surface area (Å²) in [7, 11) is 1.62. The Bertz CT molecular complexity index is 639. The van der Waals surface area contributed by atoms with Crippen LogP contribution in [0, 0.1) is 6.92 Å². The van der Waals surface area contributed by atoms with E-state index in [1.165, 1.54) is 11.3 Å². The zero-order chi connectivity index (χ0) is 15.9. The van der Waals surface area contributed by atoms with Crippen LogP contribution in [0.5, 0.6) is 11.5 Å². The number of hydrogen-bond donors (Lipinski definition) is 1. The Morgan fingerprint density at radius 3 is 2.73 bits per heavy atom. The molecule has 0 amide bonds. The second kappa shape index (κ2) is 7.79. The maximum atomic E-state index is 10.8. The molecule has 0 unspecified atom stereocenters. The number of nitrogens with zero attached hydrogens (tertiary/aromatic N) is 1. The number of hydrogen-bond acceptors (Lipinski definition) is 5. The fourth-order valence-electron chi connectivity index (χ4n) is 2.04. The van der Waals surface area contributed by atoms with Crippen LogP contribution in [0.2, 0.25) is 0 Å². The lowest BCUT2D eigenvalue weighted by Gasteiger charge is -2.09. The normalized spacial score (nSPS) is 10.5. The van der Waals surface area contributed by atoms with Crippen molar-refractivity contribution in [3.63, 3.8) is 0 Å². The Morgan fingerprint density at radius 1 is 1.32 bits per heavy atom. The van der Waals surface area contributed by atoms with Crippen molar-refractivity contribution >= 4 is 17.3 Å². The topological polar surface area (TPSA) is 68.7 Å². The first-order chi connectivity index (χ1) is 10.6. The Hall–Kier alpha value is -2.08. The van der Waals surface area contributed by atoms with Crippen LogP contribution >= 0.6 is 11.3 Å². The van der Waals surface area contributed by atoms with Crippen molar-refractivity contribution in [3.8, 4) is 11.5 Å². The van der Waals surface area contributed by atoms with Crippen LogP contribution in [-0.2, 0) is 17.6 Å². The molecule has 0 fully saturated rings. The highest BCUT2D eigenvalue weighted by atomic mass is 32.1. The van der Waals surface area contributed by atoms with Crippen LogP contribution in [0.15, 0.2) is 24.3 Å². The zero-order valence-electron chi connectivity index (χ0n) is 12.7. The first kappa shape index (κ1) is 16.3. The lowest BCUT2D eigenvalue weighted by atomic mass is 10.3. The number of aliphatic carboxylic acids is 1. The molecular weight excluding hydrogens is 302 g/mol. The first-order valence-corrected chi connectivity index (χ1v) is 7.84. The molecule has 0 aliphatic rings. The molecule has 22 heavy (non-hydrogen) atoms. The van der Waals surface area contributed by atoms with Crippen molar-refractivity contribution in [3.05, 3.63) is 39.8 Å². The molecule has 1 heterocycles. The van der Waals surface area contributed by atoms with Gasteiger partial charge in [-0.2, -0.15) is 0 Å². The van der Waals surface area contributed by atoms with E-state index in [-0.39, 0.29) is 6.42 Å². The molecule has 6 heteroatoms. The number of carbonyl (C=O) groups is 1. The van der Waals surface area contributed by atoms with Crippen LogP contribution in [0.1, 0.15) is 22.0 Å². The maximum Gasteiger partial charge on any atom is 0.308 e. The molecule has 1 N–H and O–H groups in total. The van der Waals surface area contributed by atoms with Crippen LogP contribution in [-0.4, -0.2) is 29.8 Å². The summed E-state index contributed by atoms with van der Waals surface area (Å²) < 4.78 is 10.9. The van der Waals surface area contributed by atoms with Crippen molar-refractivity contribution in [2.75, 3.05) is 13.7 Å². The fourth-order valence-corrected chi connectivity index (χ4v) is 3.14. The number of aryl methyl sites for hydroxylation is 2. The van der Waals surface area contributed by atoms with Gasteiger partial charge in [-0.3, -0.25) is 4.79 Å². The van der Waals surface area contributed by atoms with E-state index < -0.39 is 5.97 Å². The Morgan fingerprint density at radius 2 is 2.05 bits per heavy atom. The van der Waals surface area contributed by atoms with Crippen LogP contribution in [0.4, 0.5) is 0 Å². The lowest BCUT2D eigenvalue weighted by Crippen LogP contribution is -2.00. The molecule has 0 saturated carbocycles. The number of carboxylic acids is 1. The highest BCUT2D eigenvalue weighted by Gasteiger charge is 2.11. The van der Waals surface area contributed by atoms with Gasteiger partial charge in [0.05, 0.1) is 30.8 Å². The largest absolute Gasteiger partial charge is 0.493 e. The summed E-state index contributed by atoms with van der Waals surface area (Å²) in [6, 6.07) is 7.53. The summed E-state index contributed by atoms with van der Waals surface area (Å²) in [5.74, 6) is 0.626. The minimum Gasteiger partial charge on any atom is -0.493 e. The van der Waals surface area contributed by atoms with E-state index in [1.54, 1.807) is 7.11 Å². The van der Waals surface area contributed by atoms with E-state index in [0.29, 0.717) is 6.61 Å². The van der Waals surface area contributed by atoms with Crippen LogP contribution < -0.4 is 9.47 Å². The number of ether oxygens (including phenoxy) is 2. The number of carboxylic acid groups (broad SMARTS) is 1. The smallest absolute Gasteiger partial charge is 0.308 e. The predicted octanol–water partition coefficient (Wildman–Crippen LogP) is 3.10. The molecule has 0 atom stereocenters. The molecule has 0 spiro atoms. The van der Waals surface area contributed by atoms with E-state index in [4.69, 9.17) is 14.6 Å². The quantitative estimate of drug-likeness (QED) is 0.757. The molecule has 2 rings (SSSR count). The molecule has 0 aliphatic heterocycles. The third kappa shape index (κ3) is 4.46. The van der Waals surface area contributed by atoms with E-state index in [1.807, 2.05) is 31.2 Å². The van der Waals surface area contributed by atoms with Gasteiger partial charge < -0.3 is 14.6 Å². The van der Waals surface area contributed by atoms with Crippen LogP contribution in [0.3, 0.4) is 0 Å². The van der Waals surface area contributed by atoms with Crippen molar-refractivity contribution in [1.82, 2.24) is 4.98 Å². The summed E-state index contributed by atoms with van der Waals surface area (Å²) in [5.41, 5.74) is 0.813. The van der Waals surface area contributed by atoms with E-state index in [9.17, 15) is 4.79 Å². The van der Waals surface area contributed by atoms with Gasteiger partial charge in [-0.15, -0.1) is 11.3 Å². The summed E-state index contributed by atoms with van der Waals surface area (Å²) in [4.78, 5) is 16.0. The van der Waals surface area contributed by atoms with Crippen molar-refractivity contribution in [2.45, 2.75) is 26.2 Å². The van der Waals surface area contributed by atoms with Gasteiger partial charge in [0.25, 0.3) is 0 Å². The summed E-state index contributed by atoms with van der Waals surface area (Å²) in [6.45, 7) is 2.41. The molecule has 1 aromatic carbocycles. The second-order valence-corrected chi connectivity index (χ2v) is 5.96. The van der Waals surface area contributed by atoms with Gasteiger partial charge in [0.2, 0.25) is 0 Å². The van der Waals surface area contributed by atoms with Crippen molar-refractivity contribution in [1.29, 1.82) is 0 Å². The predicted molar refractivity (Wildman–Crippen MR) is 85.0 cm³/mol. The van der Waals surface area contributed by atoms with E-state index in [2.05, 4.69) is 4.98 Å². The van der Waals surface area contributed by atoms with Crippen LogP contribution in [0.25, 0.3) is 0 Å². The van der Waals surface area contributed by atoms with Gasteiger partial charge in [0.1, 0.15) is 0 Å². The summed E-state index contributed by atoms with van der Waals surface area (Å²) in [5, 5.41) is 9.79. The fraction of sp³-hybridized carbons (Fsp3) is 0.375. The minimum absolute atomic E-state index is 0.0429. The van der Waals surface area contributed by atoms with Crippen molar-refractivity contribution < 1.29 is 19.4 Å². The van der Waals surface area contributed by atoms with Crippen molar-refractivity contribution in [2.24, 2.45) is 0 Å². The number of benzene rings is 1. The number of para-hydroxylation sites is 2. The minimum atomic E-state index is -0.821. The highest BCUT2D eigenvalue weighted by Crippen LogP contribution is 2.26. The van der Waals surface area contributed by atoms with Gasteiger partial charge in [0.15, 0.2) is 11.5 Å². The zero-order valence-corrected chi connectivity index (χ0v) is 13.5. The third-order valence-corrected chi connectivity index (χ3v) is 4.33. The van der Waals surface area contributed by atoms with Gasteiger partial charge in [-0.25, -0.2) is 4.98 Å². The molecule has 0 aliphatic carbocycles. The Balaban J connectivity index is 1.83. The standard InChI is InChI=1S/C16H19NO4S/c1-11-14(10-16(18)19)22-15(17-11)8-5-9-21-13-7-4-3-6-12(13)20-2/h3-4,6-7H,5,8-10H2,1-2H3,(H,18,19). The molecule has 118 valence electrons. The summed E-state index contributed by atoms with van der Waals surface area (Å²) >= 11 is 1.47. The third-order valence-electron chi connectivity index (χ3n) is 3.11.